The molecule has 1 aliphatic rings. The first kappa shape index (κ1) is 8.28. The molecule has 0 amide bonds. The van der Waals surface area contributed by atoms with Gasteiger partial charge in [-0.1, -0.05) is 0 Å². The molecule has 2 aromatic heterocycles. The van der Waals surface area contributed by atoms with Crippen LogP contribution in [0.4, 0.5) is 0 Å². The van der Waals surface area contributed by atoms with Crippen LogP contribution in [0.1, 0.15) is 0 Å². The second-order valence-corrected chi connectivity index (χ2v) is 3.19. The van der Waals surface area contributed by atoms with Gasteiger partial charge in [0.15, 0.2) is 24.0 Å². The van der Waals surface area contributed by atoms with Crippen molar-refractivity contribution < 1.29 is 9.47 Å². The molecule has 0 N–H and O–H groups in total. The Morgan fingerprint density at radius 3 is 3.27 bits per heavy atom. The summed E-state index contributed by atoms with van der Waals surface area (Å²) in [5.41, 5.74) is 0.727. The Balaban J connectivity index is 2.21. The summed E-state index contributed by atoms with van der Waals surface area (Å²) in [7, 11) is 1.59. The molecule has 15 heavy (non-hydrogen) atoms. The molecule has 0 saturated carbocycles. The van der Waals surface area contributed by atoms with E-state index in [2.05, 4.69) is 9.97 Å². The Labute approximate surface area is 86.3 Å². The zero-order chi connectivity index (χ0) is 10.3. The minimum atomic E-state index is 0.482. The number of pyridine rings is 1. The summed E-state index contributed by atoms with van der Waals surface area (Å²) in [6.07, 6.45) is 3.59. The van der Waals surface area contributed by atoms with Crippen LogP contribution in [0, 0.1) is 0 Å². The predicted molar refractivity (Wildman–Crippen MR) is 52.6 cm³/mol. The first-order valence-electron chi connectivity index (χ1n) is 4.58. The van der Waals surface area contributed by atoms with Crippen LogP contribution in [0.25, 0.3) is 11.5 Å². The fourth-order valence-corrected chi connectivity index (χ4v) is 1.59. The third kappa shape index (κ3) is 1.16. The second-order valence-electron chi connectivity index (χ2n) is 3.19. The van der Waals surface area contributed by atoms with E-state index in [0.717, 1.165) is 17.3 Å². The molecule has 1 aliphatic heterocycles. The van der Waals surface area contributed by atoms with Crippen LogP contribution in [0.3, 0.4) is 0 Å². The smallest absolute Gasteiger partial charge is 0.213 e. The fraction of sp³-hybridized carbons (Fsp3) is 0.200. The molecule has 0 saturated heterocycles. The van der Waals surface area contributed by atoms with Crippen LogP contribution < -0.4 is 9.47 Å². The zero-order valence-electron chi connectivity index (χ0n) is 8.17. The molecule has 0 aromatic carbocycles. The minimum absolute atomic E-state index is 0.482. The van der Waals surface area contributed by atoms with Gasteiger partial charge in [0.1, 0.15) is 0 Å². The molecule has 5 nitrogen and oxygen atoms in total. The highest BCUT2D eigenvalue weighted by atomic mass is 16.5. The van der Waals surface area contributed by atoms with E-state index in [-0.39, 0.29) is 0 Å². The third-order valence-corrected chi connectivity index (χ3v) is 2.33. The van der Waals surface area contributed by atoms with Gasteiger partial charge < -0.3 is 9.47 Å². The van der Waals surface area contributed by atoms with Crippen molar-refractivity contribution in [2.45, 2.75) is 6.73 Å². The van der Waals surface area contributed by atoms with E-state index in [0.29, 0.717) is 12.6 Å². The van der Waals surface area contributed by atoms with Crippen LogP contribution >= 0.6 is 0 Å². The number of nitrogens with zero attached hydrogens (tertiary/aromatic N) is 3. The monoisotopic (exact) mass is 203 g/mol. The number of aromatic nitrogens is 3. The SMILES string of the molecule is COc1ccc2c(n1)-c1nccn1CO2. The molecule has 0 atom stereocenters. The molecule has 76 valence electrons. The standard InChI is InChI=1S/C10H9N3O2/c1-14-8-3-2-7-9(12-8)10-11-4-5-13(10)6-15-7/h2-5H,6H2,1H3. The molecule has 3 heterocycles. The van der Waals surface area contributed by atoms with E-state index in [4.69, 9.17) is 9.47 Å². The summed E-state index contributed by atoms with van der Waals surface area (Å²) in [4.78, 5) is 8.55. The normalized spacial score (nSPS) is 12.6. The number of hydrogen-bond donors (Lipinski definition) is 0. The van der Waals surface area contributed by atoms with Crippen molar-refractivity contribution in [3.63, 3.8) is 0 Å². The van der Waals surface area contributed by atoms with Crippen LogP contribution in [0.15, 0.2) is 24.5 Å². The van der Waals surface area contributed by atoms with E-state index in [1.54, 1.807) is 19.4 Å². The van der Waals surface area contributed by atoms with Gasteiger partial charge in [-0.2, -0.15) is 0 Å². The summed E-state index contributed by atoms with van der Waals surface area (Å²) in [5.74, 6) is 2.12. The Morgan fingerprint density at radius 1 is 1.47 bits per heavy atom. The maximum atomic E-state index is 5.51. The molecule has 3 rings (SSSR count). The van der Waals surface area contributed by atoms with Crippen molar-refractivity contribution in [3.05, 3.63) is 24.5 Å². The summed E-state index contributed by atoms with van der Waals surface area (Å²) in [6.45, 7) is 0.482. The van der Waals surface area contributed by atoms with E-state index in [1.807, 2.05) is 16.8 Å². The number of rotatable bonds is 1. The molecule has 2 aromatic rings. The lowest BCUT2D eigenvalue weighted by atomic mass is 10.3. The lowest BCUT2D eigenvalue weighted by Gasteiger charge is -2.18. The third-order valence-electron chi connectivity index (χ3n) is 2.33. The Morgan fingerprint density at radius 2 is 2.40 bits per heavy atom. The van der Waals surface area contributed by atoms with Crippen molar-refractivity contribution in [2.75, 3.05) is 7.11 Å². The summed E-state index contributed by atoms with van der Waals surface area (Å²) >= 11 is 0. The minimum Gasteiger partial charge on any atom is -0.481 e. The number of hydrogen-bond acceptors (Lipinski definition) is 4. The van der Waals surface area contributed by atoms with Gasteiger partial charge in [-0.15, -0.1) is 0 Å². The number of fused-ring (bicyclic) bond motifs is 3. The predicted octanol–water partition coefficient (Wildman–Crippen LogP) is 1.30. The van der Waals surface area contributed by atoms with E-state index in [9.17, 15) is 0 Å². The molecule has 0 radical (unpaired) electrons. The first-order chi connectivity index (χ1) is 7.38. The molecule has 5 heteroatoms. The van der Waals surface area contributed by atoms with Crippen LogP contribution in [-0.2, 0) is 6.73 Å². The Kier molecular flexibility index (Phi) is 1.65. The molecule has 0 aliphatic carbocycles. The highest BCUT2D eigenvalue weighted by Gasteiger charge is 2.19. The van der Waals surface area contributed by atoms with E-state index >= 15 is 0 Å². The maximum absolute atomic E-state index is 5.51. The zero-order valence-corrected chi connectivity index (χ0v) is 8.17. The summed E-state index contributed by atoms with van der Waals surface area (Å²) in [6, 6.07) is 3.62. The Bertz CT molecular complexity index is 507. The average Bonchev–Trinajstić information content (AvgIpc) is 2.76. The highest BCUT2D eigenvalue weighted by molar-refractivity contribution is 5.61. The van der Waals surface area contributed by atoms with Gasteiger partial charge in [0.2, 0.25) is 5.88 Å². The highest BCUT2D eigenvalue weighted by Crippen LogP contribution is 2.32. The van der Waals surface area contributed by atoms with Crippen LogP contribution in [0.5, 0.6) is 11.6 Å². The largest absolute Gasteiger partial charge is 0.481 e. The summed E-state index contributed by atoms with van der Waals surface area (Å²) in [5, 5.41) is 0. The first-order valence-corrected chi connectivity index (χ1v) is 4.58. The molecule has 0 fully saturated rings. The van der Waals surface area contributed by atoms with Crippen molar-refractivity contribution >= 4 is 0 Å². The second kappa shape index (κ2) is 2.98. The quantitative estimate of drug-likeness (QED) is 0.701. The van der Waals surface area contributed by atoms with Crippen molar-refractivity contribution in [3.8, 4) is 23.1 Å². The Hall–Kier alpha value is -2.04. The topological polar surface area (TPSA) is 49.2 Å². The van der Waals surface area contributed by atoms with Gasteiger partial charge in [-0.05, 0) is 6.07 Å². The molecule has 0 bridgehead atoms. The lowest BCUT2D eigenvalue weighted by molar-refractivity contribution is 0.227. The van der Waals surface area contributed by atoms with Crippen molar-refractivity contribution in [1.29, 1.82) is 0 Å². The average molecular weight is 203 g/mol. The molecule has 0 unspecified atom stereocenters. The van der Waals surface area contributed by atoms with E-state index in [1.165, 1.54) is 0 Å². The number of imidazole rings is 1. The molecule has 0 spiro atoms. The van der Waals surface area contributed by atoms with Gasteiger partial charge in [0.05, 0.1) is 7.11 Å². The van der Waals surface area contributed by atoms with Gasteiger partial charge in [-0.3, -0.25) is 4.57 Å². The fourth-order valence-electron chi connectivity index (χ4n) is 1.59. The molecular formula is C10H9N3O2. The van der Waals surface area contributed by atoms with Crippen LogP contribution in [-0.4, -0.2) is 21.6 Å². The van der Waals surface area contributed by atoms with Gasteiger partial charge in [-0.25, -0.2) is 9.97 Å². The van der Waals surface area contributed by atoms with Gasteiger partial charge in [0.25, 0.3) is 0 Å². The van der Waals surface area contributed by atoms with Crippen molar-refractivity contribution in [1.82, 2.24) is 14.5 Å². The van der Waals surface area contributed by atoms with E-state index < -0.39 is 0 Å². The number of ether oxygens (including phenoxy) is 2. The maximum Gasteiger partial charge on any atom is 0.213 e. The summed E-state index contributed by atoms with van der Waals surface area (Å²) < 4.78 is 12.5. The number of methoxy groups -OCH3 is 1. The molecular weight excluding hydrogens is 194 g/mol. The van der Waals surface area contributed by atoms with Crippen LogP contribution in [0.2, 0.25) is 0 Å². The van der Waals surface area contributed by atoms with Crippen molar-refractivity contribution in [2.24, 2.45) is 0 Å². The lowest BCUT2D eigenvalue weighted by Crippen LogP contribution is -2.13. The van der Waals surface area contributed by atoms with Gasteiger partial charge >= 0.3 is 0 Å². The van der Waals surface area contributed by atoms with Gasteiger partial charge in [0, 0.05) is 18.5 Å².